The molecule has 0 N–H and O–H groups in total. The second kappa shape index (κ2) is 4.35. The van der Waals surface area contributed by atoms with Crippen LogP contribution >= 0.6 is 0 Å². The van der Waals surface area contributed by atoms with E-state index in [9.17, 15) is 10.1 Å². The number of nitro groups is 1. The molecule has 2 rings (SSSR count). The van der Waals surface area contributed by atoms with Gasteiger partial charge >= 0.3 is 0 Å². The van der Waals surface area contributed by atoms with Gasteiger partial charge in [-0.05, 0) is 12.1 Å². The lowest BCUT2D eigenvalue weighted by Gasteiger charge is -2.02. The first kappa shape index (κ1) is 10.0. The molecule has 6 heteroatoms. The maximum absolute atomic E-state index is 10.4. The van der Waals surface area contributed by atoms with E-state index in [1.54, 1.807) is 24.5 Å². The smallest absolute Gasteiger partial charge is 0.287 e. The molecule has 2 heterocycles. The predicted molar refractivity (Wildman–Crippen MR) is 55.2 cm³/mol. The normalized spacial score (nSPS) is 9.75. The van der Waals surface area contributed by atoms with Crippen LogP contribution in [0.15, 0.2) is 42.9 Å². The summed E-state index contributed by atoms with van der Waals surface area (Å²) in [6, 6.07) is 6.12. The van der Waals surface area contributed by atoms with Crippen molar-refractivity contribution in [2.75, 3.05) is 0 Å². The molecule has 0 spiro atoms. The Morgan fingerprint density at radius 3 is 2.50 bits per heavy atom. The van der Waals surface area contributed by atoms with Crippen LogP contribution < -0.4 is 4.74 Å². The molecule has 0 amide bonds. The number of hydrogen-bond donors (Lipinski definition) is 0. The van der Waals surface area contributed by atoms with Crippen LogP contribution in [0.1, 0.15) is 0 Å². The highest BCUT2D eigenvalue weighted by molar-refractivity contribution is 5.31. The minimum absolute atomic E-state index is 0.0675. The quantitative estimate of drug-likeness (QED) is 0.581. The zero-order chi connectivity index (χ0) is 11.4. The first-order chi connectivity index (χ1) is 7.75. The van der Waals surface area contributed by atoms with Gasteiger partial charge in [-0.3, -0.25) is 15.1 Å². The summed E-state index contributed by atoms with van der Waals surface area (Å²) in [7, 11) is 0. The average molecular weight is 217 g/mol. The first-order valence-corrected chi connectivity index (χ1v) is 4.44. The molecule has 0 aliphatic rings. The van der Waals surface area contributed by atoms with Crippen molar-refractivity contribution in [3.8, 4) is 11.6 Å². The molecule has 16 heavy (non-hydrogen) atoms. The minimum atomic E-state index is -0.511. The fourth-order valence-corrected chi connectivity index (χ4v) is 1.07. The number of pyridine rings is 2. The molecule has 0 radical (unpaired) electrons. The molecule has 0 bridgehead atoms. The van der Waals surface area contributed by atoms with Gasteiger partial charge in [-0.15, -0.1) is 0 Å². The van der Waals surface area contributed by atoms with Gasteiger partial charge in [-0.1, -0.05) is 0 Å². The van der Waals surface area contributed by atoms with Gasteiger partial charge in [0.15, 0.2) is 0 Å². The summed E-state index contributed by atoms with van der Waals surface area (Å²) in [5.41, 5.74) is -0.0675. The van der Waals surface area contributed by atoms with Crippen molar-refractivity contribution in [2.45, 2.75) is 0 Å². The van der Waals surface area contributed by atoms with Gasteiger partial charge in [0, 0.05) is 24.5 Å². The van der Waals surface area contributed by atoms with E-state index in [0.717, 1.165) is 6.20 Å². The number of hydrogen-bond acceptors (Lipinski definition) is 5. The Labute approximate surface area is 90.7 Å². The molecule has 0 fully saturated rings. The third-order valence-electron chi connectivity index (χ3n) is 1.80. The van der Waals surface area contributed by atoms with Crippen molar-refractivity contribution >= 4 is 5.69 Å². The Morgan fingerprint density at radius 2 is 1.94 bits per heavy atom. The average Bonchev–Trinajstić information content (AvgIpc) is 2.31. The van der Waals surface area contributed by atoms with Crippen LogP contribution in [0.3, 0.4) is 0 Å². The van der Waals surface area contributed by atoms with E-state index in [4.69, 9.17) is 4.74 Å². The summed E-state index contributed by atoms with van der Waals surface area (Å²) >= 11 is 0. The van der Waals surface area contributed by atoms with E-state index in [-0.39, 0.29) is 5.69 Å². The van der Waals surface area contributed by atoms with Crippen molar-refractivity contribution in [2.24, 2.45) is 0 Å². The molecule has 0 atom stereocenters. The molecule has 0 aliphatic heterocycles. The van der Waals surface area contributed by atoms with Crippen LogP contribution in [-0.2, 0) is 0 Å². The summed E-state index contributed by atoms with van der Waals surface area (Å²) in [5.74, 6) is 0.883. The molecular formula is C10H7N3O3. The fraction of sp³-hybridized carbons (Fsp3) is 0. The SMILES string of the molecule is O=[N+]([O-])c1ccc(Oc2ccncc2)nc1. The molecule has 0 unspecified atom stereocenters. The zero-order valence-corrected chi connectivity index (χ0v) is 8.11. The maximum Gasteiger partial charge on any atom is 0.287 e. The van der Waals surface area contributed by atoms with Gasteiger partial charge in [-0.25, -0.2) is 4.98 Å². The number of rotatable bonds is 3. The highest BCUT2D eigenvalue weighted by Gasteiger charge is 2.05. The third kappa shape index (κ3) is 2.30. The molecule has 0 aliphatic carbocycles. The second-order valence-corrected chi connectivity index (χ2v) is 2.90. The van der Waals surface area contributed by atoms with Crippen molar-refractivity contribution < 1.29 is 9.66 Å². The second-order valence-electron chi connectivity index (χ2n) is 2.90. The Bertz CT molecular complexity index is 484. The predicted octanol–water partition coefficient (Wildman–Crippen LogP) is 2.18. The summed E-state index contributed by atoms with van der Waals surface area (Å²) in [4.78, 5) is 17.5. The number of nitrogens with zero attached hydrogens (tertiary/aromatic N) is 3. The van der Waals surface area contributed by atoms with Gasteiger partial charge < -0.3 is 4.74 Å². The van der Waals surface area contributed by atoms with Crippen molar-refractivity contribution in [3.63, 3.8) is 0 Å². The molecule has 0 saturated carbocycles. The highest BCUT2D eigenvalue weighted by Crippen LogP contribution is 2.19. The van der Waals surface area contributed by atoms with E-state index in [0.29, 0.717) is 11.6 Å². The van der Waals surface area contributed by atoms with Crippen LogP contribution in [0.4, 0.5) is 5.69 Å². The first-order valence-electron chi connectivity index (χ1n) is 4.44. The van der Waals surface area contributed by atoms with E-state index in [1.165, 1.54) is 12.1 Å². The van der Waals surface area contributed by atoms with E-state index in [2.05, 4.69) is 9.97 Å². The Balaban J connectivity index is 2.14. The van der Waals surface area contributed by atoms with Crippen LogP contribution in [0, 0.1) is 10.1 Å². The van der Waals surface area contributed by atoms with Gasteiger partial charge in [-0.2, -0.15) is 0 Å². The molecular weight excluding hydrogens is 210 g/mol. The van der Waals surface area contributed by atoms with Gasteiger partial charge in [0.25, 0.3) is 5.69 Å². The maximum atomic E-state index is 10.4. The Hall–Kier alpha value is -2.50. The lowest BCUT2D eigenvalue weighted by molar-refractivity contribution is -0.385. The van der Waals surface area contributed by atoms with Crippen molar-refractivity contribution in [1.82, 2.24) is 9.97 Å². The Morgan fingerprint density at radius 1 is 1.19 bits per heavy atom. The van der Waals surface area contributed by atoms with E-state index < -0.39 is 4.92 Å². The standard InChI is InChI=1S/C10H7N3O3/c14-13(15)8-1-2-10(12-7-8)16-9-3-5-11-6-4-9/h1-7H. The summed E-state index contributed by atoms with van der Waals surface area (Å²) in [6.45, 7) is 0. The van der Waals surface area contributed by atoms with Crippen molar-refractivity contribution in [3.05, 3.63) is 53.0 Å². The molecule has 0 aromatic carbocycles. The fourth-order valence-electron chi connectivity index (χ4n) is 1.07. The third-order valence-corrected chi connectivity index (χ3v) is 1.80. The molecule has 80 valence electrons. The molecule has 0 saturated heterocycles. The van der Waals surface area contributed by atoms with Crippen LogP contribution in [-0.4, -0.2) is 14.9 Å². The lowest BCUT2D eigenvalue weighted by Crippen LogP contribution is -1.91. The monoisotopic (exact) mass is 217 g/mol. The number of ether oxygens (including phenoxy) is 1. The molecule has 2 aromatic heterocycles. The van der Waals surface area contributed by atoms with Gasteiger partial charge in [0.1, 0.15) is 11.9 Å². The van der Waals surface area contributed by atoms with Gasteiger partial charge in [0.05, 0.1) is 4.92 Å². The van der Waals surface area contributed by atoms with E-state index >= 15 is 0 Å². The van der Waals surface area contributed by atoms with Crippen LogP contribution in [0.5, 0.6) is 11.6 Å². The van der Waals surface area contributed by atoms with E-state index in [1.807, 2.05) is 0 Å². The largest absolute Gasteiger partial charge is 0.439 e. The minimum Gasteiger partial charge on any atom is -0.439 e. The topological polar surface area (TPSA) is 78.2 Å². The van der Waals surface area contributed by atoms with Crippen molar-refractivity contribution in [1.29, 1.82) is 0 Å². The summed E-state index contributed by atoms with van der Waals surface area (Å²) < 4.78 is 5.34. The van der Waals surface area contributed by atoms with Crippen LogP contribution in [0.2, 0.25) is 0 Å². The summed E-state index contributed by atoms with van der Waals surface area (Å²) in [5, 5.41) is 10.4. The number of aromatic nitrogens is 2. The van der Waals surface area contributed by atoms with Crippen LogP contribution in [0.25, 0.3) is 0 Å². The highest BCUT2D eigenvalue weighted by atomic mass is 16.6. The molecule has 2 aromatic rings. The zero-order valence-electron chi connectivity index (χ0n) is 8.11. The molecule has 6 nitrogen and oxygen atoms in total. The Kier molecular flexibility index (Phi) is 2.73. The van der Waals surface area contributed by atoms with Gasteiger partial charge in [0.2, 0.25) is 5.88 Å². The summed E-state index contributed by atoms with van der Waals surface area (Å²) in [6.07, 6.45) is 4.32. The lowest BCUT2D eigenvalue weighted by atomic mass is 10.4.